The number of carbonyl (C=O) groups excluding carboxylic acids is 2. The third-order valence-corrected chi connectivity index (χ3v) is 3.14. The van der Waals surface area contributed by atoms with Gasteiger partial charge >= 0.3 is 0 Å². The van der Waals surface area contributed by atoms with Crippen LogP contribution in [0.15, 0.2) is 54.6 Å². The molecule has 0 aliphatic rings. The number of amides is 1. The van der Waals surface area contributed by atoms with E-state index in [0.29, 0.717) is 11.1 Å². The third kappa shape index (κ3) is 3.48. The van der Waals surface area contributed by atoms with Crippen molar-refractivity contribution in [1.29, 1.82) is 0 Å². The van der Waals surface area contributed by atoms with Crippen LogP contribution in [-0.4, -0.2) is 22.3 Å². The van der Waals surface area contributed by atoms with Crippen LogP contribution < -0.4 is 5.32 Å². The number of Topliss-reactive ketones (excluding diaryl/α,β-unsaturated/α-hetero) is 1. The second kappa shape index (κ2) is 5.79. The number of benzene rings is 2. The van der Waals surface area contributed by atoms with Gasteiger partial charge in [-0.05, 0) is 32.0 Å². The average Bonchev–Trinajstić information content (AvgIpc) is 2.47. The van der Waals surface area contributed by atoms with Crippen LogP contribution in [0, 0.1) is 0 Å². The number of aromatic hydroxyl groups is 1. The van der Waals surface area contributed by atoms with E-state index in [2.05, 4.69) is 5.32 Å². The highest BCUT2D eigenvalue weighted by Gasteiger charge is 2.30. The fraction of sp³-hybridized carbons (Fsp3) is 0.176. The van der Waals surface area contributed by atoms with Gasteiger partial charge in [0.1, 0.15) is 5.75 Å². The minimum atomic E-state index is -1.04. The normalized spacial score (nSPS) is 11.0. The Balaban J connectivity index is 2.17. The first kappa shape index (κ1) is 14.8. The molecule has 2 N–H and O–H groups in total. The molecule has 2 rings (SSSR count). The van der Waals surface area contributed by atoms with E-state index in [9.17, 15) is 14.7 Å². The van der Waals surface area contributed by atoms with E-state index in [1.54, 1.807) is 50.2 Å². The lowest BCUT2D eigenvalue weighted by Crippen LogP contribution is -2.49. The monoisotopic (exact) mass is 283 g/mol. The van der Waals surface area contributed by atoms with Crippen molar-refractivity contribution in [3.63, 3.8) is 0 Å². The minimum Gasteiger partial charge on any atom is -0.508 e. The van der Waals surface area contributed by atoms with E-state index in [1.165, 1.54) is 12.1 Å². The second-order valence-corrected chi connectivity index (χ2v) is 5.32. The van der Waals surface area contributed by atoms with Gasteiger partial charge in [-0.2, -0.15) is 0 Å². The summed E-state index contributed by atoms with van der Waals surface area (Å²) in [7, 11) is 0. The molecule has 0 spiro atoms. The van der Waals surface area contributed by atoms with Gasteiger partial charge in [0.2, 0.25) is 0 Å². The molecule has 4 nitrogen and oxygen atoms in total. The predicted molar refractivity (Wildman–Crippen MR) is 80.4 cm³/mol. The standard InChI is InChI=1S/C17H17NO3/c1-17(2,15(20)12-7-4-3-5-8-12)18-16(21)13-9-6-10-14(19)11-13/h3-11,19H,1-2H3,(H,18,21). The molecular formula is C17H17NO3. The van der Waals surface area contributed by atoms with Gasteiger partial charge in [0.15, 0.2) is 5.78 Å². The number of carbonyl (C=O) groups is 2. The van der Waals surface area contributed by atoms with Crippen molar-refractivity contribution in [1.82, 2.24) is 5.32 Å². The van der Waals surface area contributed by atoms with Crippen molar-refractivity contribution in [2.24, 2.45) is 0 Å². The lowest BCUT2D eigenvalue weighted by molar-refractivity contribution is 0.0798. The van der Waals surface area contributed by atoms with E-state index < -0.39 is 11.4 Å². The van der Waals surface area contributed by atoms with E-state index >= 15 is 0 Å². The highest BCUT2D eigenvalue weighted by Crippen LogP contribution is 2.15. The molecule has 21 heavy (non-hydrogen) atoms. The molecule has 0 fully saturated rings. The smallest absolute Gasteiger partial charge is 0.252 e. The first-order valence-corrected chi connectivity index (χ1v) is 6.61. The zero-order valence-corrected chi connectivity index (χ0v) is 12.0. The summed E-state index contributed by atoms with van der Waals surface area (Å²) < 4.78 is 0. The van der Waals surface area contributed by atoms with Crippen molar-refractivity contribution in [2.45, 2.75) is 19.4 Å². The maximum Gasteiger partial charge on any atom is 0.252 e. The Morgan fingerprint density at radius 2 is 1.57 bits per heavy atom. The number of nitrogens with one attached hydrogen (secondary N) is 1. The summed E-state index contributed by atoms with van der Waals surface area (Å²) in [5.41, 5.74) is -0.188. The van der Waals surface area contributed by atoms with Gasteiger partial charge in [-0.1, -0.05) is 36.4 Å². The number of phenols is 1. The van der Waals surface area contributed by atoms with Gasteiger partial charge in [0.25, 0.3) is 5.91 Å². The molecule has 0 aliphatic carbocycles. The zero-order chi connectivity index (χ0) is 15.5. The SMILES string of the molecule is CC(C)(NC(=O)c1cccc(O)c1)C(=O)c1ccccc1. The topological polar surface area (TPSA) is 66.4 Å². The van der Waals surface area contributed by atoms with Gasteiger partial charge in [0, 0.05) is 11.1 Å². The molecule has 4 heteroatoms. The van der Waals surface area contributed by atoms with Crippen LogP contribution in [0.5, 0.6) is 5.75 Å². The van der Waals surface area contributed by atoms with Crippen molar-refractivity contribution in [2.75, 3.05) is 0 Å². The van der Waals surface area contributed by atoms with Gasteiger partial charge in [-0.15, -0.1) is 0 Å². The van der Waals surface area contributed by atoms with Crippen molar-refractivity contribution < 1.29 is 14.7 Å². The van der Waals surface area contributed by atoms with Crippen LogP contribution in [0.4, 0.5) is 0 Å². The molecule has 0 aliphatic heterocycles. The maximum atomic E-state index is 12.4. The number of hydrogen-bond donors (Lipinski definition) is 2. The molecule has 0 heterocycles. The van der Waals surface area contributed by atoms with Gasteiger partial charge < -0.3 is 10.4 Å². The molecule has 2 aromatic carbocycles. The van der Waals surface area contributed by atoms with E-state index in [4.69, 9.17) is 0 Å². The van der Waals surface area contributed by atoms with E-state index in [-0.39, 0.29) is 11.5 Å². The first-order chi connectivity index (χ1) is 9.90. The molecule has 0 bridgehead atoms. The third-order valence-electron chi connectivity index (χ3n) is 3.14. The Morgan fingerprint density at radius 1 is 0.952 bits per heavy atom. The average molecular weight is 283 g/mol. The van der Waals surface area contributed by atoms with E-state index in [1.807, 2.05) is 6.07 Å². The molecule has 0 saturated carbocycles. The summed E-state index contributed by atoms with van der Waals surface area (Å²) in [5.74, 6) is -0.563. The Hall–Kier alpha value is -2.62. The maximum absolute atomic E-state index is 12.4. The fourth-order valence-corrected chi connectivity index (χ4v) is 2.01. The van der Waals surface area contributed by atoms with Gasteiger partial charge in [0.05, 0.1) is 5.54 Å². The first-order valence-electron chi connectivity index (χ1n) is 6.61. The van der Waals surface area contributed by atoms with Crippen molar-refractivity contribution in [3.8, 4) is 5.75 Å². The molecule has 0 radical (unpaired) electrons. The number of phenolic OH excluding ortho intramolecular Hbond substituents is 1. The summed E-state index contributed by atoms with van der Waals surface area (Å²) in [6.45, 7) is 3.31. The summed E-state index contributed by atoms with van der Waals surface area (Å²) in [6, 6.07) is 14.8. The molecule has 1 amide bonds. The molecule has 0 aromatic heterocycles. The zero-order valence-electron chi connectivity index (χ0n) is 12.0. The molecule has 0 unspecified atom stereocenters. The van der Waals surface area contributed by atoms with E-state index in [0.717, 1.165) is 0 Å². The Kier molecular flexibility index (Phi) is 4.08. The Labute approximate surface area is 123 Å². The van der Waals surface area contributed by atoms with Crippen LogP contribution >= 0.6 is 0 Å². The van der Waals surface area contributed by atoms with Gasteiger partial charge in [-0.25, -0.2) is 0 Å². The Bertz CT molecular complexity index is 663. The quantitative estimate of drug-likeness (QED) is 0.848. The summed E-state index contributed by atoms with van der Waals surface area (Å²) in [4.78, 5) is 24.6. The summed E-state index contributed by atoms with van der Waals surface area (Å²) in [6.07, 6.45) is 0. The van der Waals surface area contributed by atoms with Crippen LogP contribution in [0.25, 0.3) is 0 Å². The number of hydrogen-bond acceptors (Lipinski definition) is 3. The number of rotatable bonds is 4. The minimum absolute atomic E-state index is 0.00911. The fourth-order valence-electron chi connectivity index (χ4n) is 2.01. The largest absolute Gasteiger partial charge is 0.508 e. The molecular weight excluding hydrogens is 266 g/mol. The van der Waals surface area contributed by atoms with Gasteiger partial charge in [-0.3, -0.25) is 9.59 Å². The molecule has 0 saturated heterocycles. The lowest BCUT2D eigenvalue weighted by Gasteiger charge is -2.25. The van der Waals surface area contributed by atoms with Crippen molar-refractivity contribution in [3.05, 3.63) is 65.7 Å². The molecule has 108 valence electrons. The lowest BCUT2D eigenvalue weighted by atomic mass is 9.92. The number of ketones is 1. The highest BCUT2D eigenvalue weighted by molar-refractivity contribution is 6.06. The second-order valence-electron chi connectivity index (χ2n) is 5.32. The van der Waals surface area contributed by atoms with Crippen molar-refractivity contribution >= 4 is 11.7 Å². The van der Waals surface area contributed by atoms with Crippen LogP contribution in [0.2, 0.25) is 0 Å². The highest BCUT2D eigenvalue weighted by atomic mass is 16.3. The summed E-state index contributed by atoms with van der Waals surface area (Å²) in [5, 5.41) is 12.1. The molecule has 2 aromatic rings. The van der Waals surface area contributed by atoms with Crippen LogP contribution in [0.3, 0.4) is 0 Å². The molecule has 0 atom stereocenters. The van der Waals surface area contributed by atoms with Crippen LogP contribution in [0.1, 0.15) is 34.6 Å². The summed E-state index contributed by atoms with van der Waals surface area (Å²) >= 11 is 0. The van der Waals surface area contributed by atoms with Crippen LogP contribution in [-0.2, 0) is 0 Å². The Morgan fingerprint density at radius 3 is 2.19 bits per heavy atom. The predicted octanol–water partition coefficient (Wildman–Crippen LogP) is 2.78.